The normalized spacial score (nSPS) is 16.5. The predicted octanol–water partition coefficient (Wildman–Crippen LogP) is 0.232. The van der Waals surface area contributed by atoms with Gasteiger partial charge in [-0.3, -0.25) is 4.79 Å². The van der Waals surface area contributed by atoms with Crippen LogP contribution in [-0.4, -0.2) is 26.4 Å². The first-order valence-corrected chi connectivity index (χ1v) is 8.64. The van der Waals surface area contributed by atoms with E-state index in [1.165, 1.54) is 0 Å². The molecule has 6 nitrogen and oxygen atoms in total. The number of hydrogen-bond acceptors (Lipinski definition) is 4. The van der Waals surface area contributed by atoms with E-state index < -0.39 is 16.1 Å². The molecule has 1 amide bonds. The molecule has 1 saturated carbocycles. The van der Waals surface area contributed by atoms with Crippen LogP contribution in [0, 0.1) is 0 Å². The number of rotatable bonds is 7. The van der Waals surface area contributed by atoms with Gasteiger partial charge >= 0.3 is 0 Å². The van der Waals surface area contributed by atoms with Crippen LogP contribution < -0.4 is 15.8 Å². The van der Waals surface area contributed by atoms with Gasteiger partial charge in [0.05, 0.1) is 11.8 Å². The van der Waals surface area contributed by atoms with Crippen LogP contribution in [0.3, 0.4) is 0 Å². The fourth-order valence-electron chi connectivity index (χ4n) is 2.02. The first-order valence-electron chi connectivity index (χ1n) is 6.98. The van der Waals surface area contributed by atoms with Gasteiger partial charge in [-0.2, -0.15) is 0 Å². The molecule has 0 bridgehead atoms. The molecule has 1 aliphatic carbocycles. The quantitative estimate of drug-likeness (QED) is 0.671. The van der Waals surface area contributed by atoms with Gasteiger partial charge in [-0.25, -0.2) is 13.1 Å². The molecule has 2 rings (SSSR count). The number of benzene rings is 1. The van der Waals surface area contributed by atoms with E-state index in [9.17, 15) is 13.2 Å². The summed E-state index contributed by atoms with van der Waals surface area (Å²) >= 11 is 0. The van der Waals surface area contributed by atoms with Crippen molar-refractivity contribution in [3.05, 3.63) is 35.4 Å². The Morgan fingerprint density at radius 2 is 1.95 bits per heavy atom. The number of hydrogen-bond donors (Lipinski definition) is 3. The van der Waals surface area contributed by atoms with E-state index in [-0.39, 0.29) is 24.2 Å². The standard InChI is InChI=1S/C14H21N3O3S/c1-10(14(18)16-13-6-7-13)17-21(19,20)9-12-5-3-2-4-11(12)8-15/h2-5,10,13,17H,6-9,15H2,1H3,(H,16,18). The Morgan fingerprint density at radius 1 is 1.33 bits per heavy atom. The molecule has 116 valence electrons. The summed E-state index contributed by atoms with van der Waals surface area (Å²) in [6.45, 7) is 1.83. The summed E-state index contributed by atoms with van der Waals surface area (Å²) in [7, 11) is -3.59. The van der Waals surface area contributed by atoms with E-state index >= 15 is 0 Å². The van der Waals surface area contributed by atoms with Crippen LogP contribution >= 0.6 is 0 Å². The Hall–Kier alpha value is -1.44. The third kappa shape index (κ3) is 4.80. The first kappa shape index (κ1) is 15.9. The van der Waals surface area contributed by atoms with Gasteiger partial charge in [-0.1, -0.05) is 24.3 Å². The van der Waals surface area contributed by atoms with Crippen molar-refractivity contribution in [1.29, 1.82) is 0 Å². The molecule has 1 aromatic carbocycles. The summed E-state index contributed by atoms with van der Waals surface area (Å²) < 4.78 is 26.7. The lowest BCUT2D eigenvalue weighted by atomic mass is 10.1. The van der Waals surface area contributed by atoms with E-state index in [1.807, 2.05) is 6.07 Å². The minimum atomic E-state index is -3.59. The maximum atomic E-state index is 12.2. The summed E-state index contributed by atoms with van der Waals surface area (Å²) in [4.78, 5) is 11.8. The van der Waals surface area contributed by atoms with Crippen LogP contribution in [0.4, 0.5) is 0 Å². The van der Waals surface area contributed by atoms with Gasteiger partial charge in [-0.15, -0.1) is 0 Å². The lowest BCUT2D eigenvalue weighted by Gasteiger charge is -2.15. The van der Waals surface area contributed by atoms with Crippen LogP contribution in [0.25, 0.3) is 0 Å². The van der Waals surface area contributed by atoms with Gasteiger partial charge in [0.15, 0.2) is 0 Å². The summed E-state index contributed by atoms with van der Waals surface area (Å²) in [5.74, 6) is -0.463. The van der Waals surface area contributed by atoms with E-state index in [0.717, 1.165) is 18.4 Å². The van der Waals surface area contributed by atoms with Crippen LogP contribution in [0.2, 0.25) is 0 Å². The molecule has 0 aromatic heterocycles. The second-order valence-corrected chi connectivity index (χ2v) is 7.11. The van der Waals surface area contributed by atoms with Gasteiger partial charge in [0.2, 0.25) is 15.9 Å². The fourth-order valence-corrected chi connectivity index (χ4v) is 3.44. The maximum Gasteiger partial charge on any atom is 0.238 e. The van der Waals surface area contributed by atoms with Crippen molar-refractivity contribution in [2.24, 2.45) is 5.73 Å². The summed E-state index contributed by atoms with van der Waals surface area (Å²) in [5.41, 5.74) is 7.05. The number of nitrogens with two attached hydrogens (primary N) is 1. The Morgan fingerprint density at radius 3 is 2.52 bits per heavy atom. The molecule has 0 heterocycles. The molecular weight excluding hydrogens is 290 g/mol. The highest BCUT2D eigenvalue weighted by Crippen LogP contribution is 2.18. The zero-order valence-corrected chi connectivity index (χ0v) is 12.8. The predicted molar refractivity (Wildman–Crippen MR) is 80.7 cm³/mol. The van der Waals surface area contributed by atoms with Crippen molar-refractivity contribution in [2.45, 2.75) is 44.1 Å². The molecule has 1 aromatic rings. The van der Waals surface area contributed by atoms with E-state index in [2.05, 4.69) is 10.0 Å². The molecule has 4 N–H and O–H groups in total. The van der Waals surface area contributed by atoms with Crippen molar-refractivity contribution in [3.63, 3.8) is 0 Å². The molecule has 0 radical (unpaired) electrons. The molecule has 1 fully saturated rings. The van der Waals surface area contributed by atoms with Gasteiger partial charge in [0.1, 0.15) is 0 Å². The number of carbonyl (C=O) groups is 1. The molecule has 7 heteroatoms. The minimum Gasteiger partial charge on any atom is -0.352 e. The summed E-state index contributed by atoms with van der Waals surface area (Å²) in [6.07, 6.45) is 1.93. The number of sulfonamides is 1. The molecule has 1 atom stereocenters. The Kier molecular flexibility index (Phi) is 4.97. The molecule has 1 aliphatic rings. The molecule has 0 aliphatic heterocycles. The highest BCUT2D eigenvalue weighted by molar-refractivity contribution is 7.88. The molecular formula is C14H21N3O3S. The lowest BCUT2D eigenvalue weighted by Crippen LogP contribution is -2.45. The monoisotopic (exact) mass is 311 g/mol. The summed E-state index contributed by atoms with van der Waals surface area (Å²) in [5, 5.41) is 2.78. The Bertz CT molecular complexity index is 612. The van der Waals surface area contributed by atoms with Crippen molar-refractivity contribution in [2.75, 3.05) is 0 Å². The van der Waals surface area contributed by atoms with E-state index in [1.54, 1.807) is 25.1 Å². The number of amides is 1. The highest BCUT2D eigenvalue weighted by Gasteiger charge is 2.27. The third-order valence-electron chi connectivity index (χ3n) is 3.36. The largest absolute Gasteiger partial charge is 0.352 e. The average molecular weight is 311 g/mol. The second kappa shape index (κ2) is 6.55. The second-order valence-electron chi connectivity index (χ2n) is 5.35. The van der Waals surface area contributed by atoms with Gasteiger partial charge in [0, 0.05) is 12.6 Å². The van der Waals surface area contributed by atoms with Gasteiger partial charge in [-0.05, 0) is 30.9 Å². The maximum absolute atomic E-state index is 12.2. The number of nitrogens with one attached hydrogen (secondary N) is 2. The zero-order valence-electron chi connectivity index (χ0n) is 12.0. The molecule has 1 unspecified atom stereocenters. The average Bonchev–Trinajstić information content (AvgIpc) is 3.22. The molecule has 0 saturated heterocycles. The fraction of sp³-hybridized carbons (Fsp3) is 0.500. The van der Waals surface area contributed by atoms with Crippen LogP contribution in [-0.2, 0) is 27.1 Å². The van der Waals surface area contributed by atoms with Crippen LogP contribution in [0.1, 0.15) is 30.9 Å². The highest BCUT2D eigenvalue weighted by atomic mass is 32.2. The third-order valence-corrected chi connectivity index (χ3v) is 4.76. The van der Waals surface area contributed by atoms with Crippen LogP contribution in [0.15, 0.2) is 24.3 Å². The Labute approximate surface area is 125 Å². The van der Waals surface area contributed by atoms with E-state index in [4.69, 9.17) is 5.73 Å². The van der Waals surface area contributed by atoms with E-state index in [0.29, 0.717) is 5.56 Å². The van der Waals surface area contributed by atoms with Crippen molar-refractivity contribution in [3.8, 4) is 0 Å². The summed E-state index contributed by atoms with van der Waals surface area (Å²) in [6, 6.07) is 6.55. The number of carbonyl (C=O) groups excluding carboxylic acids is 1. The smallest absolute Gasteiger partial charge is 0.238 e. The first-order chi connectivity index (χ1) is 9.91. The molecule has 21 heavy (non-hydrogen) atoms. The van der Waals surface area contributed by atoms with Crippen molar-refractivity contribution < 1.29 is 13.2 Å². The topological polar surface area (TPSA) is 101 Å². The lowest BCUT2D eigenvalue weighted by molar-refractivity contribution is -0.122. The van der Waals surface area contributed by atoms with Crippen molar-refractivity contribution in [1.82, 2.24) is 10.0 Å². The zero-order chi connectivity index (χ0) is 15.5. The minimum absolute atomic E-state index is 0.179. The van der Waals surface area contributed by atoms with Gasteiger partial charge < -0.3 is 11.1 Å². The van der Waals surface area contributed by atoms with Crippen LogP contribution in [0.5, 0.6) is 0 Å². The Balaban J connectivity index is 1.99. The SMILES string of the molecule is CC(NS(=O)(=O)Cc1ccccc1CN)C(=O)NC1CC1. The van der Waals surface area contributed by atoms with Crippen molar-refractivity contribution >= 4 is 15.9 Å². The van der Waals surface area contributed by atoms with Gasteiger partial charge in [0.25, 0.3) is 0 Å². The molecule has 0 spiro atoms.